The van der Waals surface area contributed by atoms with E-state index in [-0.39, 0.29) is 0 Å². The van der Waals surface area contributed by atoms with Crippen molar-refractivity contribution in [3.8, 4) is 11.8 Å². The van der Waals surface area contributed by atoms with Crippen LogP contribution >= 0.6 is 27.5 Å². The smallest absolute Gasteiger partial charge is 0.103 e. The molecule has 0 fully saturated rings. The maximum absolute atomic E-state index is 9.08. The third-order valence-corrected chi connectivity index (χ3v) is 3.22. The molecule has 0 saturated carbocycles. The summed E-state index contributed by atoms with van der Waals surface area (Å²) < 4.78 is 2.36. The highest BCUT2D eigenvalue weighted by Gasteiger charge is 2.10. The number of rotatable bonds is 1. The van der Waals surface area contributed by atoms with Crippen LogP contribution in [-0.2, 0) is 0 Å². The first-order chi connectivity index (χ1) is 7.63. The SMILES string of the molecule is Cc1nn(-c2cccc(Br)c2C#N)cc1Cl. The molecule has 0 unspecified atom stereocenters. The van der Waals surface area contributed by atoms with Gasteiger partial charge in [0.25, 0.3) is 0 Å². The largest absolute Gasteiger partial charge is 0.238 e. The third-order valence-electron chi connectivity index (χ3n) is 2.19. The molecule has 2 rings (SSSR count). The van der Waals surface area contributed by atoms with Crippen molar-refractivity contribution in [2.75, 3.05) is 0 Å². The molecule has 80 valence electrons. The quantitative estimate of drug-likeness (QED) is 0.808. The van der Waals surface area contributed by atoms with Gasteiger partial charge in [0.1, 0.15) is 6.07 Å². The Kier molecular flexibility index (Phi) is 2.99. The van der Waals surface area contributed by atoms with Gasteiger partial charge in [-0.05, 0) is 35.0 Å². The number of benzene rings is 1. The molecular weight excluding hydrogens is 289 g/mol. The molecule has 0 aliphatic heterocycles. The summed E-state index contributed by atoms with van der Waals surface area (Å²) in [5.74, 6) is 0. The second-order valence-electron chi connectivity index (χ2n) is 3.25. The van der Waals surface area contributed by atoms with Crippen LogP contribution in [0.3, 0.4) is 0 Å². The molecule has 3 nitrogen and oxygen atoms in total. The molecule has 5 heteroatoms. The van der Waals surface area contributed by atoms with E-state index in [1.807, 2.05) is 25.1 Å². The highest BCUT2D eigenvalue weighted by molar-refractivity contribution is 9.10. The van der Waals surface area contributed by atoms with Crippen LogP contribution in [0.25, 0.3) is 5.69 Å². The zero-order valence-corrected chi connectivity index (χ0v) is 10.7. The van der Waals surface area contributed by atoms with Crippen molar-refractivity contribution in [2.24, 2.45) is 0 Å². The van der Waals surface area contributed by atoms with Gasteiger partial charge in [-0.15, -0.1) is 0 Å². The number of hydrogen-bond donors (Lipinski definition) is 0. The van der Waals surface area contributed by atoms with E-state index in [1.165, 1.54) is 0 Å². The number of aromatic nitrogens is 2. The minimum absolute atomic E-state index is 0.543. The number of halogens is 2. The summed E-state index contributed by atoms with van der Waals surface area (Å²) in [5, 5.41) is 13.9. The van der Waals surface area contributed by atoms with E-state index in [0.29, 0.717) is 16.3 Å². The Morgan fingerprint density at radius 1 is 1.50 bits per heavy atom. The molecule has 0 atom stereocenters. The fourth-order valence-electron chi connectivity index (χ4n) is 1.38. The molecule has 0 N–H and O–H groups in total. The monoisotopic (exact) mass is 295 g/mol. The van der Waals surface area contributed by atoms with Crippen LogP contribution < -0.4 is 0 Å². The van der Waals surface area contributed by atoms with Gasteiger partial charge in [0, 0.05) is 10.7 Å². The highest BCUT2D eigenvalue weighted by Crippen LogP contribution is 2.24. The second kappa shape index (κ2) is 4.28. The van der Waals surface area contributed by atoms with E-state index in [1.54, 1.807) is 10.9 Å². The summed E-state index contributed by atoms with van der Waals surface area (Å²) in [4.78, 5) is 0. The van der Waals surface area contributed by atoms with Gasteiger partial charge in [-0.3, -0.25) is 0 Å². The Balaban J connectivity index is 2.65. The normalized spacial score (nSPS) is 10.1. The van der Waals surface area contributed by atoms with Crippen LogP contribution in [0.1, 0.15) is 11.3 Å². The van der Waals surface area contributed by atoms with E-state index in [4.69, 9.17) is 16.9 Å². The van der Waals surface area contributed by atoms with Crippen molar-refractivity contribution in [3.05, 3.63) is 45.1 Å². The van der Waals surface area contributed by atoms with Crippen LogP contribution in [0.5, 0.6) is 0 Å². The van der Waals surface area contributed by atoms with Crippen molar-refractivity contribution >= 4 is 27.5 Å². The van der Waals surface area contributed by atoms with Crippen molar-refractivity contribution < 1.29 is 0 Å². The fourth-order valence-corrected chi connectivity index (χ4v) is 1.95. The van der Waals surface area contributed by atoms with E-state index in [9.17, 15) is 0 Å². The first kappa shape index (κ1) is 11.2. The number of aryl methyl sites for hydroxylation is 1. The zero-order chi connectivity index (χ0) is 11.7. The molecule has 0 spiro atoms. The standard InChI is InChI=1S/C11H7BrClN3/c1-7-10(13)6-16(15-7)11-4-2-3-9(12)8(11)5-14/h2-4,6H,1H3. The molecular formula is C11H7BrClN3. The predicted octanol–water partition coefficient (Wildman–Crippen LogP) is 3.47. The van der Waals surface area contributed by atoms with Gasteiger partial charge in [-0.2, -0.15) is 10.4 Å². The minimum Gasteiger partial charge on any atom is -0.238 e. The van der Waals surface area contributed by atoms with E-state index < -0.39 is 0 Å². The van der Waals surface area contributed by atoms with E-state index >= 15 is 0 Å². The van der Waals surface area contributed by atoms with E-state index in [2.05, 4.69) is 27.1 Å². The fraction of sp³-hybridized carbons (Fsp3) is 0.0909. The molecule has 1 aromatic heterocycles. The maximum atomic E-state index is 9.08. The number of hydrogen-bond acceptors (Lipinski definition) is 2. The lowest BCUT2D eigenvalue weighted by Gasteiger charge is -2.04. The number of nitriles is 1. The zero-order valence-electron chi connectivity index (χ0n) is 8.41. The summed E-state index contributed by atoms with van der Waals surface area (Å²) in [5.41, 5.74) is 2.00. The molecule has 0 aliphatic rings. The van der Waals surface area contributed by atoms with E-state index in [0.717, 1.165) is 10.2 Å². The highest BCUT2D eigenvalue weighted by atomic mass is 79.9. The molecule has 0 bridgehead atoms. The van der Waals surface area contributed by atoms with Crippen LogP contribution in [0.2, 0.25) is 5.02 Å². The van der Waals surface area contributed by atoms with Gasteiger partial charge < -0.3 is 0 Å². The van der Waals surface area contributed by atoms with Crippen LogP contribution in [-0.4, -0.2) is 9.78 Å². The van der Waals surface area contributed by atoms with Crippen molar-refractivity contribution in [3.63, 3.8) is 0 Å². The summed E-state index contributed by atoms with van der Waals surface area (Å²) in [6.07, 6.45) is 1.69. The van der Waals surface area contributed by atoms with Gasteiger partial charge in [0.2, 0.25) is 0 Å². The lowest BCUT2D eigenvalue weighted by molar-refractivity contribution is 0.859. The average molecular weight is 297 g/mol. The summed E-state index contributed by atoms with van der Waals surface area (Å²) >= 11 is 9.27. The molecule has 2 aromatic rings. The topological polar surface area (TPSA) is 41.6 Å². The van der Waals surface area contributed by atoms with Crippen LogP contribution in [0.15, 0.2) is 28.9 Å². The first-order valence-electron chi connectivity index (χ1n) is 4.54. The van der Waals surface area contributed by atoms with Crippen LogP contribution in [0.4, 0.5) is 0 Å². The predicted molar refractivity (Wildman–Crippen MR) is 65.7 cm³/mol. The van der Waals surface area contributed by atoms with Gasteiger partial charge in [-0.1, -0.05) is 17.7 Å². The minimum atomic E-state index is 0.543. The summed E-state index contributed by atoms with van der Waals surface area (Å²) in [6.45, 7) is 1.82. The van der Waals surface area contributed by atoms with Crippen LogP contribution in [0, 0.1) is 18.3 Å². The Morgan fingerprint density at radius 3 is 2.81 bits per heavy atom. The van der Waals surface area contributed by atoms with Crippen molar-refractivity contribution in [1.82, 2.24) is 9.78 Å². The molecule has 0 aliphatic carbocycles. The average Bonchev–Trinajstić information content (AvgIpc) is 2.59. The Bertz CT molecular complexity index is 564. The Hall–Kier alpha value is -1.31. The van der Waals surface area contributed by atoms with Gasteiger partial charge in [0.05, 0.1) is 22.0 Å². The third kappa shape index (κ3) is 1.84. The molecule has 0 radical (unpaired) electrons. The Labute approximate surface area is 106 Å². The first-order valence-corrected chi connectivity index (χ1v) is 5.71. The lowest BCUT2D eigenvalue weighted by atomic mass is 10.2. The van der Waals surface area contributed by atoms with Gasteiger partial charge in [0.15, 0.2) is 0 Å². The Morgan fingerprint density at radius 2 is 2.25 bits per heavy atom. The lowest BCUT2D eigenvalue weighted by Crippen LogP contribution is -1.98. The molecule has 1 heterocycles. The summed E-state index contributed by atoms with van der Waals surface area (Å²) in [7, 11) is 0. The molecule has 1 aromatic carbocycles. The van der Waals surface area contributed by atoms with Gasteiger partial charge in [-0.25, -0.2) is 4.68 Å². The molecule has 16 heavy (non-hydrogen) atoms. The maximum Gasteiger partial charge on any atom is 0.103 e. The van der Waals surface area contributed by atoms with Crippen molar-refractivity contribution in [1.29, 1.82) is 5.26 Å². The van der Waals surface area contributed by atoms with Crippen molar-refractivity contribution in [2.45, 2.75) is 6.92 Å². The number of nitrogens with zero attached hydrogens (tertiary/aromatic N) is 3. The molecule has 0 amide bonds. The second-order valence-corrected chi connectivity index (χ2v) is 4.51. The summed E-state index contributed by atoms with van der Waals surface area (Å²) in [6, 6.07) is 7.64. The molecule has 0 saturated heterocycles. The van der Waals surface area contributed by atoms with Gasteiger partial charge >= 0.3 is 0 Å².